The predicted molar refractivity (Wildman–Crippen MR) is 92.2 cm³/mol. The number of carbonyl (C=O) groups excluding carboxylic acids is 2. The van der Waals surface area contributed by atoms with Gasteiger partial charge in [0.1, 0.15) is 11.9 Å². The van der Waals surface area contributed by atoms with Gasteiger partial charge in [-0.1, -0.05) is 0 Å². The van der Waals surface area contributed by atoms with Gasteiger partial charge in [0.05, 0.1) is 0 Å². The maximum Gasteiger partial charge on any atom is 0.302 e. The minimum absolute atomic E-state index is 0.117. The summed E-state index contributed by atoms with van der Waals surface area (Å²) in [6.45, 7) is 3.35. The first-order valence-electron chi connectivity index (χ1n) is 10.2. The highest BCUT2D eigenvalue weighted by Gasteiger charge is 2.52. The zero-order chi connectivity index (χ0) is 16.8. The number of ether oxygens (including phenoxy) is 1. The number of Topliss-reactive ketones (excluding diaryl/α,β-unsaturated/α-hetero) is 1. The van der Waals surface area contributed by atoms with Crippen LogP contribution in [0.2, 0.25) is 0 Å². The molecule has 4 aliphatic carbocycles. The minimum Gasteiger partial charge on any atom is -0.463 e. The number of hydrogen-bond acceptors (Lipinski definition) is 3. The van der Waals surface area contributed by atoms with E-state index in [1.165, 1.54) is 45.4 Å². The Balaban J connectivity index is 1.44. The second kappa shape index (κ2) is 6.46. The maximum absolute atomic E-state index is 12.0. The lowest BCUT2D eigenvalue weighted by Gasteiger charge is -2.53. The molecule has 0 amide bonds. The molecule has 0 aromatic rings. The summed E-state index contributed by atoms with van der Waals surface area (Å²) in [5, 5.41) is 0. The highest BCUT2D eigenvalue weighted by Crippen LogP contribution is 2.59. The third-order valence-electron chi connectivity index (χ3n) is 8.08. The topological polar surface area (TPSA) is 43.4 Å². The first kappa shape index (κ1) is 16.6. The molecule has 1 unspecified atom stereocenters. The largest absolute Gasteiger partial charge is 0.463 e. The average Bonchev–Trinajstić information content (AvgIpc) is 2.98. The summed E-state index contributed by atoms with van der Waals surface area (Å²) in [5.41, 5.74) is 0. The summed E-state index contributed by atoms with van der Waals surface area (Å²) < 4.78 is 5.51. The number of rotatable bonds is 2. The molecule has 0 spiro atoms. The smallest absolute Gasteiger partial charge is 0.302 e. The number of esters is 1. The van der Waals surface area contributed by atoms with E-state index < -0.39 is 0 Å². The van der Waals surface area contributed by atoms with Crippen LogP contribution in [0, 0.1) is 41.4 Å². The molecule has 0 bridgehead atoms. The van der Waals surface area contributed by atoms with Gasteiger partial charge in [0, 0.05) is 12.8 Å². The number of ketones is 1. The van der Waals surface area contributed by atoms with Crippen molar-refractivity contribution in [3.05, 3.63) is 0 Å². The standard InChI is InChI=1S/C21H32O3/c1-12(22)16-7-8-21-18(16)9-10-19-17-6-4-15(24-13(2)23)11-14(17)3-5-20(19)21/h14-21H,3-11H2,1-2H3/t14-,15?,16+,17-,18+,19+,20+,21+/m0/s1. The van der Waals surface area contributed by atoms with E-state index in [4.69, 9.17) is 4.74 Å². The summed E-state index contributed by atoms with van der Waals surface area (Å²) in [6, 6.07) is 0. The van der Waals surface area contributed by atoms with Gasteiger partial charge in [-0.3, -0.25) is 9.59 Å². The van der Waals surface area contributed by atoms with Crippen molar-refractivity contribution in [1.82, 2.24) is 0 Å². The van der Waals surface area contributed by atoms with Crippen LogP contribution in [0.15, 0.2) is 0 Å². The van der Waals surface area contributed by atoms with Crippen molar-refractivity contribution in [2.45, 2.75) is 77.7 Å². The molecular weight excluding hydrogens is 300 g/mol. The number of hydrogen-bond donors (Lipinski definition) is 0. The Morgan fingerprint density at radius 2 is 1.29 bits per heavy atom. The maximum atomic E-state index is 12.0. The zero-order valence-electron chi connectivity index (χ0n) is 15.2. The molecule has 3 heteroatoms. The van der Waals surface area contributed by atoms with Crippen LogP contribution in [-0.2, 0) is 14.3 Å². The average molecular weight is 332 g/mol. The Kier molecular flexibility index (Phi) is 4.47. The van der Waals surface area contributed by atoms with Gasteiger partial charge in [-0.25, -0.2) is 0 Å². The van der Waals surface area contributed by atoms with Crippen molar-refractivity contribution in [2.75, 3.05) is 0 Å². The quantitative estimate of drug-likeness (QED) is 0.705. The Morgan fingerprint density at radius 1 is 0.708 bits per heavy atom. The van der Waals surface area contributed by atoms with E-state index in [0.717, 1.165) is 48.9 Å². The molecule has 0 aromatic heterocycles. The van der Waals surface area contributed by atoms with Crippen molar-refractivity contribution < 1.29 is 14.3 Å². The van der Waals surface area contributed by atoms with Crippen LogP contribution in [0.25, 0.3) is 0 Å². The highest BCUT2D eigenvalue weighted by atomic mass is 16.5. The normalized spacial score (nSPS) is 47.2. The van der Waals surface area contributed by atoms with E-state index in [1.807, 2.05) is 6.92 Å². The molecule has 8 atom stereocenters. The molecule has 24 heavy (non-hydrogen) atoms. The van der Waals surface area contributed by atoms with E-state index in [0.29, 0.717) is 17.6 Å². The van der Waals surface area contributed by atoms with Gasteiger partial charge in [0.25, 0.3) is 0 Å². The second-order valence-corrected chi connectivity index (χ2v) is 9.07. The molecule has 4 rings (SSSR count). The molecule has 3 nitrogen and oxygen atoms in total. The summed E-state index contributed by atoms with van der Waals surface area (Å²) in [7, 11) is 0. The third kappa shape index (κ3) is 2.82. The number of carbonyl (C=O) groups is 2. The van der Waals surface area contributed by atoms with Crippen LogP contribution >= 0.6 is 0 Å². The molecule has 134 valence electrons. The van der Waals surface area contributed by atoms with Gasteiger partial charge < -0.3 is 4.74 Å². The summed E-state index contributed by atoms with van der Waals surface area (Å²) in [5.74, 6) is 5.59. The molecule has 4 aliphatic rings. The van der Waals surface area contributed by atoms with Crippen molar-refractivity contribution in [1.29, 1.82) is 0 Å². The molecule has 0 aliphatic heterocycles. The van der Waals surface area contributed by atoms with Gasteiger partial charge in [-0.05, 0) is 100 Å². The lowest BCUT2D eigenvalue weighted by atomic mass is 9.53. The van der Waals surface area contributed by atoms with E-state index in [-0.39, 0.29) is 12.1 Å². The van der Waals surface area contributed by atoms with Crippen LogP contribution < -0.4 is 0 Å². The fourth-order valence-corrected chi connectivity index (χ4v) is 7.31. The lowest BCUT2D eigenvalue weighted by Crippen LogP contribution is -2.46. The van der Waals surface area contributed by atoms with E-state index >= 15 is 0 Å². The summed E-state index contributed by atoms with van der Waals surface area (Å²) in [4.78, 5) is 23.2. The van der Waals surface area contributed by atoms with Crippen LogP contribution in [-0.4, -0.2) is 17.9 Å². The van der Waals surface area contributed by atoms with Crippen LogP contribution in [0.3, 0.4) is 0 Å². The van der Waals surface area contributed by atoms with Gasteiger partial charge in [0.2, 0.25) is 0 Å². The second-order valence-electron chi connectivity index (χ2n) is 9.07. The molecule has 0 radical (unpaired) electrons. The van der Waals surface area contributed by atoms with Gasteiger partial charge in [-0.2, -0.15) is 0 Å². The molecule has 0 N–H and O–H groups in total. The predicted octanol–water partition coefficient (Wildman–Crippen LogP) is 4.39. The molecule has 0 heterocycles. The Morgan fingerprint density at radius 3 is 2.04 bits per heavy atom. The molecular formula is C21H32O3. The highest BCUT2D eigenvalue weighted by molar-refractivity contribution is 5.79. The fraction of sp³-hybridized carbons (Fsp3) is 0.905. The molecule has 4 saturated carbocycles. The van der Waals surface area contributed by atoms with Crippen LogP contribution in [0.1, 0.15) is 71.6 Å². The Labute approximate surface area is 145 Å². The first-order valence-corrected chi connectivity index (χ1v) is 10.2. The zero-order valence-corrected chi connectivity index (χ0v) is 15.2. The Bertz CT molecular complexity index is 513. The Hall–Kier alpha value is -0.860. The van der Waals surface area contributed by atoms with E-state index in [2.05, 4.69) is 0 Å². The minimum atomic E-state index is -0.117. The van der Waals surface area contributed by atoms with Gasteiger partial charge in [-0.15, -0.1) is 0 Å². The van der Waals surface area contributed by atoms with Crippen molar-refractivity contribution >= 4 is 11.8 Å². The SMILES string of the molecule is CC(=O)OC1CC[C@H]2[C@@H](CC[C@@H]3[C@@H]2CC[C@H]2[C@H]3CC[C@@H]2C(C)=O)C1. The molecule has 4 fully saturated rings. The summed E-state index contributed by atoms with van der Waals surface area (Å²) >= 11 is 0. The van der Waals surface area contributed by atoms with Crippen LogP contribution in [0.4, 0.5) is 0 Å². The van der Waals surface area contributed by atoms with Crippen LogP contribution in [0.5, 0.6) is 0 Å². The van der Waals surface area contributed by atoms with Crippen molar-refractivity contribution in [3.8, 4) is 0 Å². The molecule has 0 saturated heterocycles. The first-order chi connectivity index (χ1) is 11.5. The van der Waals surface area contributed by atoms with Gasteiger partial charge in [0.15, 0.2) is 0 Å². The fourth-order valence-electron chi connectivity index (χ4n) is 7.31. The van der Waals surface area contributed by atoms with Crippen molar-refractivity contribution in [3.63, 3.8) is 0 Å². The summed E-state index contributed by atoms with van der Waals surface area (Å²) in [6.07, 6.45) is 11.3. The van der Waals surface area contributed by atoms with Crippen molar-refractivity contribution in [2.24, 2.45) is 41.4 Å². The van der Waals surface area contributed by atoms with Gasteiger partial charge >= 0.3 is 5.97 Å². The molecule has 0 aromatic carbocycles. The number of fused-ring (bicyclic) bond motifs is 5. The third-order valence-corrected chi connectivity index (χ3v) is 8.08. The lowest BCUT2D eigenvalue weighted by molar-refractivity contribution is -0.151. The monoisotopic (exact) mass is 332 g/mol. The van der Waals surface area contributed by atoms with E-state index in [1.54, 1.807) is 0 Å². The van der Waals surface area contributed by atoms with E-state index in [9.17, 15) is 9.59 Å².